The third kappa shape index (κ3) is 3.97. The van der Waals surface area contributed by atoms with Gasteiger partial charge in [0, 0.05) is 18.5 Å². The van der Waals surface area contributed by atoms with Crippen LogP contribution in [0.2, 0.25) is 5.02 Å². The highest BCUT2D eigenvalue weighted by Gasteiger charge is 2.18. The molecule has 0 radical (unpaired) electrons. The summed E-state index contributed by atoms with van der Waals surface area (Å²) in [6.07, 6.45) is 1.47. The Labute approximate surface area is 131 Å². The maximum absolute atomic E-state index is 12.2. The predicted molar refractivity (Wildman–Crippen MR) is 80.5 cm³/mol. The summed E-state index contributed by atoms with van der Waals surface area (Å²) in [6.45, 7) is 0.107. The van der Waals surface area contributed by atoms with Crippen molar-refractivity contribution in [3.8, 4) is 0 Å². The number of benzene rings is 1. The third-order valence-corrected chi connectivity index (χ3v) is 4.73. The van der Waals surface area contributed by atoms with Crippen LogP contribution in [0, 0.1) is 0 Å². The molecule has 7 nitrogen and oxygen atoms in total. The molecule has 0 aliphatic rings. The van der Waals surface area contributed by atoms with Crippen molar-refractivity contribution in [3.63, 3.8) is 0 Å². The predicted octanol–water partition coefficient (Wildman–Crippen LogP) is 0.878. The topological polar surface area (TPSA) is 111 Å². The number of hydrogen-bond acceptors (Lipinski definition) is 6. The van der Waals surface area contributed by atoms with Crippen molar-refractivity contribution >= 4 is 38.8 Å². The number of halogens is 1. The Kier molecular flexibility index (Phi) is 4.88. The molecule has 0 saturated heterocycles. The van der Waals surface area contributed by atoms with Gasteiger partial charge in [0.05, 0.1) is 5.02 Å². The summed E-state index contributed by atoms with van der Waals surface area (Å²) in [6, 6.07) is 4.33. The first-order valence-corrected chi connectivity index (χ1v) is 8.01. The molecule has 0 bridgehead atoms. The molecule has 2 rings (SSSR count). The lowest BCUT2D eigenvalue weighted by Gasteiger charge is -2.09. The van der Waals surface area contributed by atoms with Gasteiger partial charge in [-0.25, -0.2) is 13.1 Å². The van der Waals surface area contributed by atoms with Gasteiger partial charge in [-0.1, -0.05) is 35.0 Å². The average molecular weight is 347 g/mol. The number of nitrogens with one attached hydrogen (secondary N) is 1. The van der Waals surface area contributed by atoms with Gasteiger partial charge >= 0.3 is 0 Å². The first-order chi connectivity index (χ1) is 9.90. The number of nitrogens with zero attached hydrogens (tertiary/aromatic N) is 2. The number of nitrogens with two attached hydrogens (primary N) is 1. The van der Waals surface area contributed by atoms with Gasteiger partial charge in [-0.15, -0.1) is 0 Å². The van der Waals surface area contributed by atoms with Crippen LogP contribution in [0.1, 0.15) is 11.4 Å². The van der Waals surface area contributed by atoms with Crippen LogP contribution in [-0.4, -0.2) is 30.1 Å². The number of hydrogen-bond donors (Lipinski definition) is 2. The Morgan fingerprint density at radius 2 is 2.24 bits per heavy atom. The first kappa shape index (κ1) is 15.8. The minimum atomic E-state index is -3.78. The fraction of sp³-hybridized carbons (Fsp3) is 0.182. The van der Waals surface area contributed by atoms with E-state index in [2.05, 4.69) is 19.4 Å². The molecular formula is C11H11ClN4O3S2. The minimum absolute atomic E-state index is 0.0809. The van der Waals surface area contributed by atoms with E-state index < -0.39 is 10.0 Å². The largest absolute Gasteiger partial charge is 0.389 e. The van der Waals surface area contributed by atoms with Crippen molar-refractivity contribution in [3.05, 3.63) is 41.0 Å². The van der Waals surface area contributed by atoms with Crippen molar-refractivity contribution in [2.75, 3.05) is 6.54 Å². The second-order valence-electron chi connectivity index (χ2n) is 4.00. The zero-order chi connectivity index (χ0) is 15.5. The monoisotopic (exact) mass is 346 g/mol. The summed E-state index contributed by atoms with van der Waals surface area (Å²) in [5, 5.41) is 3.67. The fourth-order valence-electron chi connectivity index (χ4n) is 1.54. The molecule has 0 aliphatic carbocycles. The summed E-state index contributed by atoms with van der Waals surface area (Å²) < 4.78 is 31.4. The first-order valence-electron chi connectivity index (χ1n) is 5.74. The molecule has 0 fully saturated rings. The van der Waals surface area contributed by atoms with E-state index in [9.17, 15) is 8.42 Å². The van der Waals surface area contributed by atoms with Crippen LogP contribution in [0.15, 0.2) is 34.0 Å². The van der Waals surface area contributed by atoms with Crippen LogP contribution in [0.3, 0.4) is 0 Å². The fourth-order valence-corrected chi connectivity index (χ4v) is 3.22. The molecular weight excluding hydrogens is 336 g/mol. The van der Waals surface area contributed by atoms with Crippen LogP contribution < -0.4 is 10.5 Å². The molecule has 0 saturated carbocycles. The average Bonchev–Trinajstić information content (AvgIpc) is 2.91. The van der Waals surface area contributed by atoms with Crippen molar-refractivity contribution in [1.29, 1.82) is 0 Å². The SMILES string of the molecule is NC(=S)c1ccc(Cl)c(S(=O)(=O)NCCc2ncon2)c1. The molecule has 0 spiro atoms. The number of rotatable bonds is 6. The molecule has 1 heterocycles. The minimum Gasteiger partial charge on any atom is -0.389 e. The van der Waals surface area contributed by atoms with Gasteiger partial charge in [0.2, 0.25) is 16.4 Å². The van der Waals surface area contributed by atoms with Crippen molar-refractivity contribution in [1.82, 2.24) is 14.9 Å². The van der Waals surface area contributed by atoms with E-state index in [0.29, 0.717) is 17.8 Å². The summed E-state index contributed by atoms with van der Waals surface area (Å²) >= 11 is 10.7. The lowest BCUT2D eigenvalue weighted by Crippen LogP contribution is -2.27. The molecule has 3 N–H and O–H groups in total. The van der Waals surface area contributed by atoms with E-state index in [1.807, 2.05) is 0 Å². The van der Waals surface area contributed by atoms with E-state index in [-0.39, 0.29) is 21.5 Å². The Bertz CT molecular complexity index is 747. The standard InChI is InChI=1S/C11H11ClN4O3S2/c12-8-2-1-7(11(13)20)5-9(8)21(17,18)15-4-3-10-14-6-19-16-10/h1-2,5-6,15H,3-4H2,(H2,13,20). The quantitative estimate of drug-likeness (QED) is 0.747. The Balaban J connectivity index is 2.15. The van der Waals surface area contributed by atoms with Gasteiger partial charge in [0.25, 0.3) is 0 Å². The molecule has 0 atom stereocenters. The zero-order valence-electron chi connectivity index (χ0n) is 10.6. The maximum atomic E-state index is 12.2. The van der Waals surface area contributed by atoms with Gasteiger partial charge < -0.3 is 10.3 Å². The van der Waals surface area contributed by atoms with Crippen molar-refractivity contribution in [2.45, 2.75) is 11.3 Å². The van der Waals surface area contributed by atoms with Crippen LogP contribution in [0.25, 0.3) is 0 Å². The van der Waals surface area contributed by atoms with E-state index in [1.165, 1.54) is 18.5 Å². The Hall–Kier alpha value is -1.55. The van der Waals surface area contributed by atoms with Crippen LogP contribution in [0.4, 0.5) is 0 Å². The van der Waals surface area contributed by atoms with Gasteiger partial charge in [-0.2, -0.15) is 4.98 Å². The van der Waals surface area contributed by atoms with Crippen LogP contribution in [-0.2, 0) is 16.4 Å². The van der Waals surface area contributed by atoms with E-state index in [0.717, 1.165) is 0 Å². The molecule has 0 amide bonds. The summed E-state index contributed by atoms with van der Waals surface area (Å²) in [4.78, 5) is 3.80. The molecule has 21 heavy (non-hydrogen) atoms. The lowest BCUT2D eigenvalue weighted by molar-refractivity contribution is 0.410. The zero-order valence-corrected chi connectivity index (χ0v) is 13.0. The summed E-state index contributed by atoms with van der Waals surface area (Å²) in [5.41, 5.74) is 5.91. The normalized spacial score (nSPS) is 11.5. The second kappa shape index (κ2) is 6.48. The summed E-state index contributed by atoms with van der Waals surface area (Å²) in [7, 11) is -3.78. The molecule has 10 heteroatoms. The second-order valence-corrected chi connectivity index (χ2v) is 6.59. The highest BCUT2D eigenvalue weighted by atomic mass is 35.5. The van der Waals surface area contributed by atoms with Crippen LogP contribution in [0.5, 0.6) is 0 Å². The lowest BCUT2D eigenvalue weighted by atomic mass is 10.2. The van der Waals surface area contributed by atoms with Gasteiger partial charge in [-0.05, 0) is 12.1 Å². The number of thiocarbonyl (C=S) groups is 1. The van der Waals surface area contributed by atoms with Gasteiger partial charge in [-0.3, -0.25) is 0 Å². The molecule has 0 aliphatic heterocycles. The maximum Gasteiger partial charge on any atom is 0.242 e. The number of aromatic nitrogens is 2. The third-order valence-electron chi connectivity index (χ3n) is 2.55. The van der Waals surface area contributed by atoms with Crippen molar-refractivity contribution in [2.24, 2.45) is 5.73 Å². The van der Waals surface area contributed by atoms with E-state index >= 15 is 0 Å². The molecule has 0 unspecified atom stereocenters. The van der Waals surface area contributed by atoms with Crippen molar-refractivity contribution < 1.29 is 12.9 Å². The highest BCUT2D eigenvalue weighted by molar-refractivity contribution is 7.89. The molecule has 1 aromatic carbocycles. The van der Waals surface area contributed by atoms with Crippen LogP contribution >= 0.6 is 23.8 Å². The highest BCUT2D eigenvalue weighted by Crippen LogP contribution is 2.22. The smallest absolute Gasteiger partial charge is 0.242 e. The van der Waals surface area contributed by atoms with Gasteiger partial charge in [0.1, 0.15) is 9.88 Å². The molecule has 112 valence electrons. The summed E-state index contributed by atoms with van der Waals surface area (Å²) in [5.74, 6) is 0.403. The molecule has 1 aromatic heterocycles. The number of sulfonamides is 1. The van der Waals surface area contributed by atoms with Gasteiger partial charge in [0.15, 0.2) is 5.82 Å². The van der Waals surface area contributed by atoms with E-state index in [1.54, 1.807) is 6.07 Å². The Morgan fingerprint density at radius 1 is 1.48 bits per heavy atom. The Morgan fingerprint density at radius 3 is 2.86 bits per heavy atom. The molecule has 2 aromatic rings. The van der Waals surface area contributed by atoms with E-state index in [4.69, 9.17) is 29.6 Å².